The fourth-order valence-corrected chi connectivity index (χ4v) is 1.66. The maximum Gasteiger partial charge on any atom is 0.151 e. The highest BCUT2D eigenvalue weighted by Gasteiger charge is 2.03. The number of nitrogen functional groups attached to an aromatic ring is 1. The Hall–Kier alpha value is -1.99. The Bertz CT molecular complexity index is 573. The van der Waals surface area contributed by atoms with Gasteiger partial charge >= 0.3 is 0 Å². The van der Waals surface area contributed by atoms with Crippen molar-refractivity contribution < 1.29 is 4.74 Å². The van der Waals surface area contributed by atoms with Gasteiger partial charge < -0.3 is 10.5 Å². The molecule has 2 rings (SSSR count). The zero-order chi connectivity index (χ0) is 12.3. The second-order valence-electron chi connectivity index (χ2n) is 3.42. The summed E-state index contributed by atoms with van der Waals surface area (Å²) in [6.07, 6.45) is 0. The predicted octanol–water partition coefficient (Wildman–Crippen LogP) is 3.70. The van der Waals surface area contributed by atoms with Crippen LogP contribution in [0.3, 0.4) is 0 Å². The van der Waals surface area contributed by atoms with E-state index in [2.05, 4.69) is 22.0 Å². The van der Waals surface area contributed by atoms with Gasteiger partial charge in [0.05, 0.1) is 17.3 Å². The molecule has 0 saturated heterocycles. The smallest absolute Gasteiger partial charge is 0.151 e. The monoisotopic (exact) mass is 288 g/mol. The van der Waals surface area contributed by atoms with Gasteiger partial charge in [0, 0.05) is 4.47 Å². The van der Waals surface area contributed by atoms with Crippen molar-refractivity contribution in [3.8, 4) is 17.6 Å². The second-order valence-corrected chi connectivity index (χ2v) is 4.34. The fourth-order valence-electron chi connectivity index (χ4n) is 1.32. The molecule has 0 aliphatic heterocycles. The van der Waals surface area contributed by atoms with Crippen LogP contribution < -0.4 is 10.5 Å². The number of hydrogen-bond acceptors (Lipinski definition) is 3. The number of nitriles is 1. The summed E-state index contributed by atoms with van der Waals surface area (Å²) in [4.78, 5) is 0. The Morgan fingerprint density at radius 3 is 2.47 bits per heavy atom. The van der Waals surface area contributed by atoms with Crippen molar-refractivity contribution in [2.24, 2.45) is 0 Å². The Labute approximate surface area is 108 Å². The van der Waals surface area contributed by atoms with Gasteiger partial charge in [0.25, 0.3) is 0 Å². The summed E-state index contributed by atoms with van der Waals surface area (Å²) in [5.41, 5.74) is 6.96. The van der Waals surface area contributed by atoms with Crippen LogP contribution in [-0.2, 0) is 0 Å². The van der Waals surface area contributed by atoms with Crippen molar-refractivity contribution >= 4 is 21.6 Å². The number of anilines is 1. The van der Waals surface area contributed by atoms with E-state index in [-0.39, 0.29) is 0 Å². The number of nitrogens with two attached hydrogens (primary N) is 1. The Kier molecular flexibility index (Phi) is 3.31. The number of nitrogens with zero attached hydrogens (tertiary/aromatic N) is 1. The van der Waals surface area contributed by atoms with Crippen molar-refractivity contribution in [2.75, 3.05) is 5.73 Å². The van der Waals surface area contributed by atoms with Crippen molar-refractivity contribution in [1.82, 2.24) is 0 Å². The minimum atomic E-state index is 0.567. The summed E-state index contributed by atoms with van der Waals surface area (Å²) in [6, 6.07) is 14.3. The van der Waals surface area contributed by atoms with Crippen molar-refractivity contribution in [2.45, 2.75) is 0 Å². The van der Waals surface area contributed by atoms with E-state index >= 15 is 0 Å². The molecular formula is C13H9BrN2O. The maximum absolute atomic E-state index is 8.68. The van der Waals surface area contributed by atoms with Crippen molar-refractivity contribution in [3.05, 3.63) is 52.5 Å². The topological polar surface area (TPSA) is 59.0 Å². The highest BCUT2D eigenvalue weighted by molar-refractivity contribution is 9.10. The molecule has 2 aromatic rings. The molecular weight excluding hydrogens is 280 g/mol. The van der Waals surface area contributed by atoms with Crippen molar-refractivity contribution in [1.29, 1.82) is 5.26 Å². The molecule has 0 aliphatic carbocycles. The summed E-state index contributed by atoms with van der Waals surface area (Å²) in [5, 5.41) is 8.68. The lowest BCUT2D eigenvalue weighted by molar-refractivity contribution is 0.484. The van der Waals surface area contributed by atoms with E-state index in [9.17, 15) is 0 Å². The van der Waals surface area contributed by atoms with E-state index in [0.29, 0.717) is 22.7 Å². The molecule has 0 aliphatic rings. The van der Waals surface area contributed by atoms with Crippen LogP contribution in [0.5, 0.6) is 11.5 Å². The molecule has 0 fully saturated rings. The van der Waals surface area contributed by atoms with Crippen LogP contribution in [0.2, 0.25) is 0 Å². The average Bonchev–Trinajstić information content (AvgIpc) is 2.35. The second kappa shape index (κ2) is 4.89. The molecule has 0 radical (unpaired) electrons. The molecule has 0 bridgehead atoms. The van der Waals surface area contributed by atoms with Gasteiger partial charge in [-0.3, -0.25) is 0 Å². The van der Waals surface area contributed by atoms with E-state index in [1.54, 1.807) is 36.4 Å². The first-order valence-electron chi connectivity index (χ1n) is 4.92. The lowest BCUT2D eigenvalue weighted by Gasteiger charge is -2.08. The van der Waals surface area contributed by atoms with Crippen LogP contribution in [0.25, 0.3) is 0 Å². The molecule has 0 saturated carbocycles. The third-order valence-corrected chi connectivity index (χ3v) is 2.68. The molecule has 0 aromatic heterocycles. The molecule has 0 heterocycles. The first-order chi connectivity index (χ1) is 8.19. The van der Waals surface area contributed by atoms with Crippen LogP contribution in [0.1, 0.15) is 5.56 Å². The number of hydrogen-bond donors (Lipinski definition) is 1. The van der Waals surface area contributed by atoms with E-state index < -0.39 is 0 Å². The highest BCUT2D eigenvalue weighted by atomic mass is 79.9. The minimum absolute atomic E-state index is 0.567. The molecule has 2 N–H and O–H groups in total. The summed E-state index contributed by atoms with van der Waals surface area (Å²) < 4.78 is 6.52. The molecule has 0 spiro atoms. The quantitative estimate of drug-likeness (QED) is 0.858. The number of rotatable bonds is 2. The zero-order valence-electron chi connectivity index (χ0n) is 8.85. The average molecular weight is 289 g/mol. The van der Waals surface area contributed by atoms with E-state index in [1.165, 1.54) is 0 Å². The fraction of sp³-hybridized carbons (Fsp3) is 0. The van der Waals surface area contributed by atoms with Gasteiger partial charge in [-0.1, -0.05) is 15.9 Å². The lowest BCUT2D eigenvalue weighted by Crippen LogP contribution is -1.91. The predicted molar refractivity (Wildman–Crippen MR) is 69.8 cm³/mol. The van der Waals surface area contributed by atoms with Crippen molar-refractivity contribution in [3.63, 3.8) is 0 Å². The van der Waals surface area contributed by atoms with Crippen LogP contribution >= 0.6 is 15.9 Å². The Balaban J connectivity index is 2.25. The molecule has 0 atom stereocenters. The van der Waals surface area contributed by atoms with E-state index in [0.717, 1.165) is 4.47 Å². The van der Waals surface area contributed by atoms with Crippen LogP contribution in [0, 0.1) is 11.3 Å². The molecule has 3 nitrogen and oxygen atoms in total. The van der Waals surface area contributed by atoms with E-state index in [1.807, 2.05) is 6.07 Å². The third kappa shape index (κ3) is 2.77. The van der Waals surface area contributed by atoms with Crippen LogP contribution in [0.15, 0.2) is 46.9 Å². The van der Waals surface area contributed by atoms with Gasteiger partial charge in [-0.05, 0) is 42.5 Å². The maximum atomic E-state index is 8.68. The standard InChI is InChI=1S/C13H9BrN2O/c14-10-3-6-12(16)13(7-10)17-11-4-1-9(8-15)2-5-11/h1-7H,16H2. The number of benzene rings is 2. The molecule has 0 unspecified atom stereocenters. The van der Waals surface area contributed by atoms with Gasteiger partial charge in [-0.25, -0.2) is 0 Å². The van der Waals surface area contributed by atoms with Gasteiger partial charge in [0.2, 0.25) is 0 Å². The van der Waals surface area contributed by atoms with Gasteiger partial charge in [0.1, 0.15) is 5.75 Å². The van der Waals surface area contributed by atoms with Crippen LogP contribution in [0.4, 0.5) is 5.69 Å². The van der Waals surface area contributed by atoms with Gasteiger partial charge in [-0.15, -0.1) is 0 Å². The number of halogens is 1. The van der Waals surface area contributed by atoms with E-state index in [4.69, 9.17) is 15.7 Å². The first-order valence-corrected chi connectivity index (χ1v) is 5.71. The summed E-state index contributed by atoms with van der Waals surface area (Å²) >= 11 is 3.35. The normalized spacial score (nSPS) is 9.65. The molecule has 4 heteroatoms. The molecule has 84 valence electrons. The number of ether oxygens (including phenoxy) is 1. The molecule has 2 aromatic carbocycles. The third-order valence-electron chi connectivity index (χ3n) is 2.19. The van der Waals surface area contributed by atoms with Gasteiger partial charge in [0.15, 0.2) is 5.75 Å². The molecule has 17 heavy (non-hydrogen) atoms. The first kappa shape index (κ1) is 11.5. The van der Waals surface area contributed by atoms with Gasteiger partial charge in [-0.2, -0.15) is 5.26 Å². The summed E-state index contributed by atoms with van der Waals surface area (Å²) in [5.74, 6) is 1.23. The largest absolute Gasteiger partial charge is 0.455 e. The summed E-state index contributed by atoms with van der Waals surface area (Å²) in [6.45, 7) is 0. The Morgan fingerprint density at radius 2 is 1.82 bits per heavy atom. The molecule has 0 amide bonds. The lowest BCUT2D eigenvalue weighted by atomic mass is 10.2. The zero-order valence-corrected chi connectivity index (χ0v) is 10.4. The highest BCUT2D eigenvalue weighted by Crippen LogP contribution is 2.30. The SMILES string of the molecule is N#Cc1ccc(Oc2cc(Br)ccc2N)cc1. The Morgan fingerprint density at radius 1 is 1.12 bits per heavy atom. The summed E-state index contributed by atoms with van der Waals surface area (Å²) in [7, 11) is 0. The minimum Gasteiger partial charge on any atom is -0.455 e. The van der Waals surface area contributed by atoms with Crippen LogP contribution in [-0.4, -0.2) is 0 Å².